The third-order valence-electron chi connectivity index (χ3n) is 5.17. The molecule has 4 rings (SSSR count). The van der Waals surface area contributed by atoms with Gasteiger partial charge in [-0.05, 0) is 40.8 Å². The minimum absolute atomic E-state index is 0.110. The lowest BCUT2D eigenvalue weighted by Crippen LogP contribution is -2.32. The van der Waals surface area contributed by atoms with E-state index < -0.39 is 0 Å². The normalized spacial score (nSPS) is 16.8. The highest BCUT2D eigenvalue weighted by molar-refractivity contribution is 5.85. The Hall–Kier alpha value is -2.81. The van der Waals surface area contributed by atoms with Crippen molar-refractivity contribution in [2.24, 2.45) is 5.92 Å². The lowest BCUT2D eigenvalue weighted by atomic mass is 10.0. The summed E-state index contributed by atoms with van der Waals surface area (Å²) < 4.78 is 0. The first-order chi connectivity index (χ1) is 12.8. The molecule has 0 aliphatic carbocycles. The van der Waals surface area contributed by atoms with E-state index in [-0.39, 0.29) is 5.91 Å². The molecule has 132 valence electrons. The number of fused-ring (bicyclic) bond motifs is 1. The Kier molecular flexibility index (Phi) is 4.87. The zero-order valence-electron chi connectivity index (χ0n) is 14.9. The van der Waals surface area contributed by atoms with Gasteiger partial charge in [0.15, 0.2) is 0 Å². The van der Waals surface area contributed by atoms with E-state index in [2.05, 4.69) is 64.8 Å². The second-order valence-corrected chi connectivity index (χ2v) is 7.10. The van der Waals surface area contributed by atoms with Gasteiger partial charge < -0.3 is 10.2 Å². The third kappa shape index (κ3) is 3.88. The molecular formula is C23H24N2O. The second-order valence-electron chi connectivity index (χ2n) is 7.10. The summed E-state index contributed by atoms with van der Waals surface area (Å²) in [4.78, 5) is 14.7. The lowest BCUT2D eigenvalue weighted by molar-refractivity contribution is -0.120. The quantitative estimate of drug-likeness (QED) is 0.758. The Balaban J connectivity index is 1.28. The summed E-state index contributed by atoms with van der Waals surface area (Å²) in [7, 11) is 0. The second kappa shape index (κ2) is 7.61. The van der Waals surface area contributed by atoms with E-state index in [9.17, 15) is 4.79 Å². The Labute approximate surface area is 154 Å². The molecule has 1 heterocycles. The molecule has 1 N–H and O–H groups in total. The summed E-state index contributed by atoms with van der Waals surface area (Å²) in [5.41, 5.74) is 2.34. The number of carbonyl (C=O) groups is 1. The fraction of sp³-hybridized carbons (Fsp3) is 0.261. The number of nitrogens with zero attached hydrogens (tertiary/aromatic N) is 1. The maximum absolute atomic E-state index is 12.3. The molecule has 3 nitrogen and oxygen atoms in total. The number of anilines is 1. The average molecular weight is 344 g/mol. The van der Waals surface area contributed by atoms with Crippen LogP contribution in [0.3, 0.4) is 0 Å². The van der Waals surface area contributed by atoms with Gasteiger partial charge in [0.1, 0.15) is 0 Å². The van der Waals surface area contributed by atoms with Crippen molar-refractivity contribution in [1.82, 2.24) is 5.32 Å². The highest BCUT2D eigenvalue weighted by atomic mass is 16.1. The van der Waals surface area contributed by atoms with Crippen LogP contribution in [0.15, 0.2) is 72.8 Å². The molecule has 0 aromatic heterocycles. The van der Waals surface area contributed by atoms with Gasteiger partial charge in [0.05, 0.1) is 6.42 Å². The van der Waals surface area contributed by atoms with E-state index in [1.165, 1.54) is 16.5 Å². The number of para-hydroxylation sites is 1. The van der Waals surface area contributed by atoms with Crippen molar-refractivity contribution in [2.75, 3.05) is 24.5 Å². The predicted molar refractivity (Wildman–Crippen MR) is 107 cm³/mol. The number of amides is 1. The van der Waals surface area contributed by atoms with Crippen molar-refractivity contribution < 1.29 is 4.79 Å². The van der Waals surface area contributed by atoms with E-state index in [4.69, 9.17) is 0 Å². The van der Waals surface area contributed by atoms with Crippen LogP contribution in [0, 0.1) is 5.92 Å². The van der Waals surface area contributed by atoms with Crippen molar-refractivity contribution in [3.05, 3.63) is 78.4 Å². The van der Waals surface area contributed by atoms with Crippen LogP contribution in [0.1, 0.15) is 12.0 Å². The molecule has 0 saturated carbocycles. The monoisotopic (exact) mass is 344 g/mol. The Morgan fingerprint density at radius 3 is 2.58 bits per heavy atom. The molecule has 1 unspecified atom stereocenters. The molecular weight excluding hydrogens is 320 g/mol. The van der Waals surface area contributed by atoms with Crippen LogP contribution in [0.25, 0.3) is 10.8 Å². The number of hydrogen-bond acceptors (Lipinski definition) is 2. The number of benzene rings is 3. The minimum Gasteiger partial charge on any atom is -0.371 e. The molecule has 0 spiro atoms. The summed E-state index contributed by atoms with van der Waals surface area (Å²) in [5, 5.41) is 5.53. The first kappa shape index (κ1) is 16.6. The summed E-state index contributed by atoms with van der Waals surface area (Å²) in [5.74, 6) is 0.634. The van der Waals surface area contributed by atoms with Gasteiger partial charge in [-0.1, -0.05) is 60.7 Å². The first-order valence-corrected chi connectivity index (χ1v) is 9.32. The molecule has 3 aromatic carbocycles. The van der Waals surface area contributed by atoms with Crippen LogP contribution >= 0.6 is 0 Å². The molecule has 1 fully saturated rings. The van der Waals surface area contributed by atoms with Gasteiger partial charge in [-0.2, -0.15) is 0 Å². The van der Waals surface area contributed by atoms with E-state index in [0.717, 1.165) is 31.6 Å². The molecule has 3 heteroatoms. The van der Waals surface area contributed by atoms with Crippen molar-refractivity contribution in [2.45, 2.75) is 12.8 Å². The zero-order chi connectivity index (χ0) is 17.8. The van der Waals surface area contributed by atoms with E-state index in [0.29, 0.717) is 12.3 Å². The van der Waals surface area contributed by atoms with E-state index >= 15 is 0 Å². The highest BCUT2D eigenvalue weighted by Crippen LogP contribution is 2.23. The van der Waals surface area contributed by atoms with E-state index in [1.807, 2.05) is 18.2 Å². The Morgan fingerprint density at radius 2 is 1.73 bits per heavy atom. The summed E-state index contributed by atoms with van der Waals surface area (Å²) in [6, 6.07) is 25.0. The van der Waals surface area contributed by atoms with Gasteiger partial charge in [0, 0.05) is 25.3 Å². The molecule has 1 aliphatic rings. The van der Waals surface area contributed by atoms with Crippen molar-refractivity contribution in [3.8, 4) is 0 Å². The lowest BCUT2D eigenvalue weighted by Gasteiger charge is -2.18. The highest BCUT2D eigenvalue weighted by Gasteiger charge is 2.22. The van der Waals surface area contributed by atoms with Crippen molar-refractivity contribution in [1.29, 1.82) is 0 Å². The van der Waals surface area contributed by atoms with Crippen LogP contribution < -0.4 is 10.2 Å². The molecule has 1 atom stereocenters. The van der Waals surface area contributed by atoms with Gasteiger partial charge in [-0.15, -0.1) is 0 Å². The van der Waals surface area contributed by atoms with Crippen molar-refractivity contribution in [3.63, 3.8) is 0 Å². The number of carbonyl (C=O) groups excluding carboxylic acids is 1. The van der Waals surface area contributed by atoms with Crippen LogP contribution in [0.5, 0.6) is 0 Å². The van der Waals surface area contributed by atoms with Crippen LogP contribution in [-0.4, -0.2) is 25.5 Å². The van der Waals surface area contributed by atoms with E-state index in [1.54, 1.807) is 0 Å². The van der Waals surface area contributed by atoms with Crippen LogP contribution in [-0.2, 0) is 11.2 Å². The number of hydrogen-bond donors (Lipinski definition) is 1. The SMILES string of the molecule is O=C(Cc1ccc2ccccc2c1)NCC1CCN(c2ccccc2)C1. The first-order valence-electron chi connectivity index (χ1n) is 9.32. The van der Waals surface area contributed by atoms with Crippen LogP contribution in [0.2, 0.25) is 0 Å². The smallest absolute Gasteiger partial charge is 0.224 e. The fourth-order valence-electron chi connectivity index (χ4n) is 3.73. The summed E-state index contributed by atoms with van der Waals surface area (Å²) in [6.45, 7) is 2.84. The van der Waals surface area contributed by atoms with Gasteiger partial charge in [0.2, 0.25) is 5.91 Å². The summed E-state index contributed by atoms with van der Waals surface area (Å²) >= 11 is 0. The molecule has 0 bridgehead atoms. The zero-order valence-corrected chi connectivity index (χ0v) is 14.9. The predicted octanol–water partition coefficient (Wildman–Crippen LogP) is 4.03. The summed E-state index contributed by atoms with van der Waals surface area (Å²) in [6.07, 6.45) is 1.57. The molecule has 1 saturated heterocycles. The minimum atomic E-state index is 0.110. The molecule has 1 amide bonds. The fourth-order valence-corrected chi connectivity index (χ4v) is 3.73. The van der Waals surface area contributed by atoms with Gasteiger partial charge in [0.25, 0.3) is 0 Å². The molecule has 3 aromatic rings. The standard InChI is InChI=1S/C23H24N2O/c26-23(15-18-10-11-20-6-4-5-7-21(20)14-18)24-16-19-12-13-25(17-19)22-8-2-1-3-9-22/h1-11,14,19H,12-13,15-17H2,(H,24,26). The molecule has 0 radical (unpaired) electrons. The van der Waals surface area contributed by atoms with Crippen molar-refractivity contribution >= 4 is 22.4 Å². The van der Waals surface area contributed by atoms with Crippen LogP contribution in [0.4, 0.5) is 5.69 Å². The number of rotatable bonds is 5. The Bertz CT molecular complexity index is 891. The van der Waals surface area contributed by atoms with Gasteiger partial charge in [-0.3, -0.25) is 4.79 Å². The largest absolute Gasteiger partial charge is 0.371 e. The third-order valence-corrected chi connectivity index (χ3v) is 5.17. The maximum Gasteiger partial charge on any atom is 0.224 e. The number of nitrogens with one attached hydrogen (secondary N) is 1. The molecule has 1 aliphatic heterocycles. The topological polar surface area (TPSA) is 32.3 Å². The maximum atomic E-state index is 12.3. The average Bonchev–Trinajstić information content (AvgIpc) is 3.16. The van der Waals surface area contributed by atoms with Gasteiger partial charge >= 0.3 is 0 Å². The molecule has 26 heavy (non-hydrogen) atoms. The Morgan fingerprint density at radius 1 is 0.962 bits per heavy atom. The van der Waals surface area contributed by atoms with Gasteiger partial charge in [-0.25, -0.2) is 0 Å².